The first-order valence-electron chi connectivity index (χ1n) is 6.99. The molecule has 0 radical (unpaired) electrons. The van der Waals surface area contributed by atoms with E-state index in [1.807, 2.05) is 30.3 Å². The molecular weight excluding hydrogens is 286 g/mol. The highest BCUT2D eigenvalue weighted by molar-refractivity contribution is 7.80. The highest BCUT2D eigenvalue weighted by Gasteiger charge is 2.16. The lowest BCUT2D eigenvalue weighted by atomic mass is 10.0. The van der Waals surface area contributed by atoms with Crippen LogP contribution in [-0.4, -0.2) is 30.2 Å². The Kier molecular flexibility index (Phi) is 7.85. The van der Waals surface area contributed by atoms with Crippen LogP contribution in [0, 0.1) is 5.92 Å². The third-order valence-corrected chi connectivity index (χ3v) is 3.77. The fourth-order valence-electron chi connectivity index (χ4n) is 1.94. The van der Waals surface area contributed by atoms with Crippen LogP contribution in [0.3, 0.4) is 0 Å². The monoisotopic (exact) mass is 309 g/mol. The van der Waals surface area contributed by atoms with Gasteiger partial charge in [0, 0.05) is 13.0 Å². The molecule has 0 fully saturated rings. The SMILES string of the molecule is NC(=O)CC[C@H](CS)CNC(=O)C(N)Cc1ccccc1. The summed E-state index contributed by atoms with van der Waals surface area (Å²) in [5.41, 5.74) is 12.0. The first-order chi connectivity index (χ1) is 10.0. The van der Waals surface area contributed by atoms with Gasteiger partial charge in [-0.1, -0.05) is 30.3 Å². The van der Waals surface area contributed by atoms with Gasteiger partial charge < -0.3 is 16.8 Å². The second-order valence-electron chi connectivity index (χ2n) is 5.09. The number of nitrogens with one attached hydrogen (secondary N) is 1. The van der Waals surface area contributed by atoms with E-state index < -0.39 is 6.04 Å². The molecule has 2 atom stereocenters. The quantitative estimate of drug-likeness (QED) is 0.499. The predicted octanol–water partition coefficient (Wildman–Crippen LogP) is 0.484. The molecule has 5 N–H and O–H groups in total. The number of amides is 2. The summed E-state index contributed by atoms with van der Waals surface area (Å²) in [6, 6.07) is 9.06. The fraction of sp³-hybridized carbons (Fsp3) is 0.467. The smallest absolute Gasteiger partial charge is 0.237 e. The van der Waals surface area contributed by atoms with Gasteiger partial charge in [0.1, 0.15) is 0 Å². The molecule has 6 heteroatoms. The zero-order valence-electron chi connectivity index (χ0n) is 12.0. The van der Waals surface area contributed by atoms with Crippen molar-refractivity contribution < 1.29 is 9.59 Å². The number of carbonyl (C=O) groups excluding carboxylic acids is 2. The number of rotatable bonds is 9. The van der Waals surface area contributed by atoms with Crippen molar-refractivity contribution in [2.24, 2.45) is 17.4 Å². The van der Waals surface area contributed by atoms with Gasteiger partial charge in [-0.05, 0) is 30.1 Å². The highest BCUT2D eigenvalue weighted by Crippen LogP contribution is 2.07. The van der Waals surface area contributed by atoms with Crippen LogP contribution in [0.1, 0.15) is 18.4 Å². The van der Waals surface area contributed by atoms with Crippen molar-refractivity contribution in [3.63, 3.8) is 0 Å². The van der Waals surface area contributed by atoms with Crippen molar-refractivity contribution in [2.45, 2.75) is 25.3 Å². The summed E-state index contributed by atoms with van der Waals surface area (Å²) < 4.78 is 0. The molecule has 0 bridgehead atoms. The zero-order chi connectivity index (χ0) is 15.7. The van der Waals surface area contributed by atoms with Crippen LogP contribution in [0.2, 0.25) is 0 Å². The highest BCUT2D eigenvalue weighted by atomic mass is 32.1. The number of nitrogens with two attached hydrogens (primary N) is 2. The average molecular weight is 309 g/mol. The molecule has 5 nitrogen and oxygen atoms in total. The summed E-state index contributed by atoms with van der Waals surface area (Å²) in [6.07, 6.45) is 1.42. The molecule has 0 saturated heterocycles. The number of hydrogen-bond donors (Lipinski definition) is 4. The Balaban J connectivity index is 2.36. The maximum absolute atomic E-state index is 12.0. The normalized spacial score (nSPS) is 13.4. The predicted molar refractivity (Wildman–Crippen MR) is 86.9 cm³/mol. The minimum atomic E-state index is -0.580. The molecule has 0 aliphatic heterocycles. The van der Waals surface area contributed by atoms with Crippen molar-refractivity contribution in [1.82, 2.24) is 5.32 Å². The third-order valence-electron chi connectivity index (χ3n) is 3.26. The summed E-state index contributed by atoms with van der Waals surface area (Å²) in [7, 11) is 0. The molecule has 1 unspecified atom stereocenters. The van der Waals surface area contributed by atoms with Crippen LogP contribution in [0.25, 0.3) is 0 Å². The molecule has 0 aliphatic rings. The van der Waals surface area contributed by atoms with Gasteiger partial charge in [0.25, 0.3) is 0 Å². The Labute approximate surface area is 130 Å². The Hall–Kier alpha value is -1.53. The van der Waals surface area contributed by atoms with Gasteiger partial charge in [-0.25, -0.2) is 0 Å². The Morgan fingerprint density at radius 1 is 1.24 bits per heavy atom. The maximum Gasteiger partial charge on any atom is 0.237 e. The Morgan fingerprint density at radius 2 is 1.90 bits per heavy atom. The number of benzene rings is 1. The molecule has 1 rings (SSSR count). The van der Waals surface area contributed by atoms with Crippen LogP contribution >= 0.6 is 12.6 Å². The summed E-state index contributed by atoms with van der Waals surface area (Å²) in [4.78, 5) is 22.7. The molecule has 0 aromatic heterocycles. The second kappa shape index (κ2) is 9.41. The van der Waals surface area contributed by atoms with E-state index in [2.05, 4.69) is 17.9 Å². The van der Waals surface area contributed by atoms with Gasteiger partial charge in [-0.15, -0.1) is 0 Å². The Bertz CT molecular complexity index is 453. The van der Waals surface area contributed by atoms with Crippen LogP contribution in [0.4, 0.5) is 0 Å². The van der Waals surface area contributed by atoms with E-state index in [1.54, 1.807) is 0 Å². The number of hydrogen-bond acceptors (Lipinski definition) is 4. The van der Waals surface area contributed by atoms with Gasteiger partial charge in [0.05, 0.1) is 6.04 Å². The lowest BCUT2D eigenvalue weighted by Crippen LogP contribution is -2.44. The van der Waals surface area contributed by atoms with Gasteiger partial charge in [-0.3, -0.25) is 9.59 Å². The van der Waals surface area contributed by atoms with Crippen molar-refractivity contribution in [1.29, 1.82) is 0 Å². The van der Waals surface area contributed by atoms with Crippen LogP contribution in [0.15, 0.2) is 30.3 Å². The van der Waals surface area contributed by atoms with E-state index in [0.29, 0.717) is 31.6 Å². The van der Waals surface area contributed by atoms with Crippen molar-refractivity contribution in [3.05, 3.63) is 35.9 Å². The molecule has 0 spiro atoms. The van der Waals surface area contributed by atoms with Gasteiger partial charge in [0.2, 0.25) is 11.8 Å². The standard InChI is InChI=1S/C15H23N3O2S/c16-13(8-11-4-2-1-3-5-11)15(20)18-9-12(10-21)6-7-14(17)19/h1-5,12-13,21H,6-10,16H2,(H2,17,19)(H,18,20)/t12-,13?/m0/s1. The summed E-state index contributed by atoms with van der Waals surface area (Å²) in [6.45, 7) is 0.456. The van der Waals surface area contributed by atoms with E-state index >= 15 is 0 Å². The largest absolute Gasteiger partial charge is 0.370 e. The molecule has 1 aromatic rings. The molecule has 0 heterocycles. The maximum atomic E-state index is 12.0. The van der Waals surface area contributed by atoms with E-state index in [-0.39, 0.29) is 17.7 Å². The first kappa shape index (κ1) is 17.5. The molecule has 21 heavy (non-hydrogen) atoms. The van der Waals surface area contributed by atoms with Crippen LogP contribution in [-0.2, 0) is 16.0 Å². The van der Waals surface area contributed by atoms with Gasteiger partial charge in [0.15, 0.2) is 0 Å². The summed E-state index contributed by atoms with van der Waals surface area (Å²) in [5.74, 6) is 0.175. The topological polar surface area (TPSA) is 98.2 Å². The fourth-order valence-corrected chi connectivity index (χ4v) is 2.25. The van der Waals surface area contributed by atoms with E-state index in [4.69, 9.17) is 11.5 Å². The van der Waals surface area contributed by atoms with Crippen molar-refractivity contribution >= 4 is 24.4 Å². The second-order valence-corrected chi connectivity index (χ2v) is 5.46. The molecule has 2 amide bonds. The number of carbonyl (C=O) groups is 2. The minimum absolute atomic E-state index is 0.119. The third kappa shape index (κ3) is 7.15. The Morgan fingerprint density at radius 3 is 2.48 bits per heavy atom. The molecular formula is C15H23N3O2S. The van der Waals surface area contributed by atoms with Gasteiger partial charge >= 0.3 is 0 Å². The lowest BCUT2D eigenvalue weighted by Gasteiger charge is -2.17. The number of primary amides is 1. The van der Waals surface area contributed by atoms with E-state index in [0.717, 1.165) is 5.56 Å². The van der Waals surface area contributed by atoms with Gasteiger partial charge in [-0.2, -0.15) is 12.6 Å². The van der Waals surface area contributed by atoms with Crippen LogP contribution in [0.5, 0.6) is 0 Å². The van der Waals surface area contributed by atoms with E-state index in [9.17, 15) is 9.59 Å². The molecule has 1 aromatic carbocycles. The van der Waals surface area contributed by atoms with Crippen LogP contribution < -0.4 is 16.8 Å². The average Bonchev–Trinajstić information content (AvgIpc) is 2.47. The summed E-state index contributed by atoms with van der Waals surface area (Å²) >= 11 is 4.22. The molecule has 0 aliphatic carbocycles. The molecule has 116 valence electrons. The molecule has 0 saturated carbocycles. The lowest BCUT2D eigenvalue weighted by molar-refractivity contribution is -0.122. The van der Waals surface area contributed by atoms with Crippen molar-refractivity contribution in [3.8, 4) is 0 Å². The summed E-state index contributed by atoms with van der Waals surface area (Å²) in [5, 5.41) is 2.81. The first-order valence-corrected chi connectivity index (χ1v) is 7.62. The zero-order valence-corrected chi connectivity index (χ0v) is 12.9. The minimum Gasteiger partial charge on any atom is -0.370 e. The van der Waals surface area contributed by atoms with E-state index in [1.165, 1.54) is 0 Å². The number of thiol groups is 1. The van der Waals surface area contributed by atoms with Crippen molar-refractivity contribution in [2.75, 3.05) is 12.3 Å².